The minimum absolute atomic E-state index is 0.176. The second-order valence-corrected chi connectivity index (χ2v) is 12.5. The molecular weight excluding hydrogens is 507 g/mol. The summed E-state index contributed by atoms with van der Waals surface area (Å²) in [5.74, 6) is -0.473. The Balaban J connectivity index is 1.33. The first kappa shape index (κ1) is 24.9. The minimum Gasteiger partial charge on any atom is -0.370 e. The summed E-state index contributed by atoms with van der Waals surface area (Å²) in [6.45, 7) is 2.23. The van der Waals surface area contributed by atoms with Gasteiger partial charge in [0.05, 0.1) is 23.0 Å². The monoisotopic (exact) mass is 536 g/mol. The average Bonchev–Trinajstić information content (AvgIpc) is 3.18. The maximum absolute atomic E-state index is 14.4. The van der Waals surface area contributed by atoms with E-state index in [0.717, 1.165) is 24.0 Å². The van der Waals surface area contributed by atoms with Gasteiger partial charge in [-0.1, -0.05) is 24.3 Å². The third kappa shape index (κ3) is 4.16. The largest absolute Gasteiger partial charge is 0.370 e. The summed E-state index contributed by atoms with van der Waals surface area (Å²) < 4.78 is 39.7. The molecule has 38 heavy (non-hydrogen) atoms. The van der Waals surface area contributed by atoms with E-state index in [1.54, 1.807) is 17.2 Å². The number of nitrogens with zero attached hydrogens (tertiary/aromatic N) is 4. The van der Waals surface area contributed by atoms with E-state index in [4.69, 9.17) is 0 Å². The molecule has 2 fully saturated rings. The van der Waals surface area contributed by atoms with E-state index in [1.807, 2.05) is 18.2 Å². The SMILES string of the molecule is CS(=O)(=O)N1CCN(C(=O)c2cnc3ccc(F)cc3c2N2CCC3(CC2)CC(=O)c2ccccc23)CC1. The number of halogens is 1. The first-order chi connectivity index (χ1) is 18.2. The van der Waals surface area contributed by atoms with Crippen LogP contribution >= 0.6 is 0 Å². The fourth-order valence-corrected chi connectivity index (χ4v) is 7.16. The molecule has 0 bridgehead atoms. The predicted octanol–water partition coefficient (Wildman–Crippen LogP) is 3.22. The Kier molecular flexibility index (Phi) is 5.99. The lowest BCUT2D eigenvalue weighted by Crippen LogP contribution is -2.50. The molecule has 1 amide bonds. The number of piperazine rings is 1. The number of Topliss-reactive ketones (excluding diaryl/α,β-unsaturated/α-hetero) is 1. The number of anilines is 1. The molecule has 10 heteroatoms. The Morgan fingerprint density at radius 1 is 1.00 bits per heavy atom. The molecule has 0 unspecified atom stereocenters. The topological polar surface area (TPSA) is 90.9 Å². The van der Waals surface area contributed by atoms with Gasteiger partial charge in [-0.05, 0) is 36.6 Å². The van der Waals surface area contributed by atoms with Crippen molar-refractivity contribution in [3.05, 3.63) is 71.2 Å². The van der Waals surface area contributed by atoms with E-state index >= 15 is 0 Å². The van der Waals surface area contributed by atoms with Gasteiger partial charge in [0.1, 0.15) is 5.82 Å². The number of ketones is 1. The maximum atomic E-state index is 14.4. The van der Waals surface area contributed by atoms with Gasteiger partial charge in [0.25, 0.3) is 5.91 Å². The van der Waals surface area contributed by atoms with E-state index in [-0.39, 0.29) is 43.3 Å². The summed E-state index contributed by atoms with van der Waals surface area (Å²) in [5, 5.41) is 0.574. The Hall–Kier alpha value is -3.37. The summed E-state index contributed by atoms with van der Waals surface area (Å²) in [4.78, 5) is 34.7. The second kappa shape index (κ2) is 9.13. The molecule has 0 N–H and O–H groups in total. The zero-order valence-electron chi connectivity index (χ0n) is 21.2. The number of hydrogen-bond acceptors (Lipinski definition) is 6. The normalized spacial score (nSPS) is 19.8. The van der Waals surface area contributed by atoms with Gasteiger partial charge in [0.15, 0.2) is 5.78 Å². The van der Waals surface area contributed by atoms with Gasteiger partial charge in [-0.2, -0.15) is 4.31 Å². The molecule has 1 aromatic heterocycles. The van der Waals surface area contributed by atoms with Crippen molar-refractivity contribution < 1.29 is 22.4 Å². The quantitative estimate of drug-likeness (QED) is 0.511. The lowest BCUT2D eigenvalue weighted by Gasteiger charge is -2.42. The summed E-state index contributed by atoms with van der Waals surface area (Å²) in [6.07, 6.45) is 4.71. The number of hydrogen-bond donors (Lipinski definition) is 0. The number of aromatic nitrogens is 1. The van der Waals surface area contributed by atoms with Crippen molar-refractivity contribution in [1.82, 2.24) is 14.2 Å². The maximum Gasteiger partial charge on any atom is 0.257 e. The van der Waals surface area contributed by atoms with E-state index in [9.17, 15) is 22.4 Å². The van der Waals surface area contributed by atoms with Crippen LogP contribution in [0.5, 0.6) is 0 Å². The highest BCUT2D eigenvalue weighted by Crippen LogP contribution is 2.47. The molecular formula is C28H29FN4O4S. The van der Waals surface area contributed by atoms with Crippen molar-refractivity contribution in [2.45, 2.75) is 24.7 Å². The van der Waals surface area contributed by atoms with E-state index < -0.39 is 15.8 Å². The molecule has 1 aliphatic carbocycles. The van der Waals surface area contributed by atoms with Crippen molar-refractivity contribution in [3.63, 3.8) is 0 Å². The molecule has 0 radical (unpaired) electrons. The lowest BCUT2D eigenvalue weighted by atomic mass is 9.73. The smallest absolute Gasteiger partial charge is 0.257 e. The van der Waals surface area contributed by atoms with Crippen LogP contribution in [0.3, 0.4) is 0 Å². The fraction of sp³-hybridized carbons (Fsp3) is 0.393. The highest BCUT2D eigenvalue weighted by atomic mass is 32.2. The van der Waals surface area contributed by atoms with Gasteiger partial charge < -0.3 is 9.80 Å². The minimum atomic E-state index is -3.33. The van der Waals surface area contributed by atoms with Gasteiger partial charge in [-0.25, -0.2) is 12.8 Å². The van der Waals surface area contributed by atoms with Gasteiger partial charge in [-0.3, -0.25) is 14.6 Å². The van der Waals surface area contributed by atoms with Gasteiger partial charge in [-0.15, -0.1) is 0 Å². The first-order valence-electron chi connectivity index (χ1n) is 12.9. The van der Waals surface area contributed by atoms with E-state index in [0.29, 0.717) is 41.7 Å². The van der Waals surface area contributed by atoms with Crippen molar-refractivity contribution >= 4 is 38.3 Å². The Bertz CT molecular complexity index is 1560. The summed E-state index contributed by atoms with van der Waals surface area (Å²) in [7, 11) is -3.33. The Morgan fingerprint density at radius 3 is 2.42 bits per heavy atom. The number of carbonyl (C=O) groups is 2. The van der Waals surface area contributed by atoms with Gasteiger partial charge >= 0.3 is 0 Å². The van der Waals surface area contributed by atoms with Crippen LogP contribution in [-0.2, 0) is 15.4 Å². The molecule has 0 saturated carbocycles. The fourth-order valence-electron chi connectivity index (χ4n) is 6.33. The van der Waals surface area contributed by atoms with Gasteiger partial charge in [0, 0.05) is 68.3 Å². The number of sulfonamides is 1. The lowest BCUT2D eigenvalue weighted by molar-refractivity contribution is 0.0698. The Morgan fingerprint density at radius 2 is 1.71 bits per heavy atom. The van der Waals surface area contributed by atoms with Crippen LogP contribution < -0.4 is 4.90 Å². The van der Waals surface area contributed by atoms with Crippen molar-refractivity contribution in [2.24, 2.45) is 0 Å². The summed E-state index contributed by atoms with van der Waals surface area (Å²) >= 11 is 0. The number of amides is 1. The second-order valence-electron chi connectivity index (χ2n) is 10.5. The number of rotatable bonds is 3. The number of fused-ring (bicyclic) bond motifs is 3. The van der Waals surface area contributed by atoms with E-state index in [1.165, 1.54) is 22.7 Å². The summed E-state index contributed by atoms with van der Waals surface area (Å²) in [5.41, 5.74) is 3.33. The number of benzene rings is 2. The van der Waals surface area contributed by atoms with Crippen LogP contribution in [0.15, 0.2) is 48.7 Å². The number of pyridine rings is 1. The van der Waals surface area contributed by atoms with Crippen LogP contribution in [0.4, 0.5) is 10.1 Å². The first-order valence-corrected chi connectivity index (χ1v) is 14.7. The molecule has 198 valence electrons. The molecule has 2 saturated heterocycles. The zero-order valence-corrected chi connectivity index (χ0v) is 22.0. The van der Waals surface area contributed by atoms with Crippen LogP contribution in [0.1, 0.15) is 45.5 Å². The average molecular weight is 537 g/mol. The van der Waals surface area contributed by atoms with Crippen LogP contribution in [0.2, 0.25) is 0 Å². The third-order valence-electron chi connectivity index (χ3n) is 8.36. The number of piperidine rings is 1. The molecule has 6 rings (SSSR count). The zero-order chi connectivity index (χ0) is 26.7. The predicted molar refractivity (Wildman–Crippen MR) is 143 cm³/mol. The van der Waals surface area contributed by atoms with Crippen LogP contribution in [0, 0.1) is 5.82 Å². The molecule has 0 atom stereocenters. The molecule has 2 aliphatic heterocycles. The van der Waals surface area contributed by atoms with E-state index in [2.05, 4.69) is 16.0 Å². The highest BCUT2D eigenvalue weighted by Gasteiger charge is 2.45. The highest BCUT2D eigenvalue weighted by molar-refractivity contribution is 7.88. The van der Waals surface area contributed by atoms with Crippen molar-refractivity contribution in [1.29, 1.82) is 0 Å². The molecule has 1 spiro atoms. The van der Waals surface area contributed by atoms with Gasteiger partial charge in [0.2, 0.25) is 10.0 Å². The molecule has 8 nitrogen and oxygen atoms in total. The molecule has 3 heterocycles. The summed E-state index contributed by atoms with van der Waals surface area (Å²) in [6, 6.07) is 12.2. The number of carbonyl (C=O) groups excluding carboxylic acids is 2. The molecule has 2 aromatic carbocycles. The molecule has 3 aromatic rings. The standard InChI is InChI=1S/C28H29FN4O4S/c1-38(36,37)33-14-12-32(13-15-33)27(35)22-18-30-24-7-6-19(29)16-21(24)26(22)31-10-8-28(9-11-31)17-25(34)20-4-2-3-5-23(20)28/h2-7,16,18H,8-15,17H2,1H3. The van der Waals surface area contributed by atoms with Crippen molar-refractivity contribution in [3.8, 4) is 0 Å². The van der Waals surface area contributed by atoms with Crippen LogP contribution in [0.25, 0.3) is 10.9 Å². The third-order valence-corrected chi connectivity index (χ3v) is 9.66. The van der Waals surface area contributed by atoms with Crippen molar-refractivity contribution in [2.75, 3.05) is 50.4 Å². The van der Waals surface area contributed by atoms with Crippen LogP contribution in [-0.4, -0.2) is 79.8 Å². The molecule has 3 aliphatic rings. The Labute approximate surface area is 221 Å².